The Kier molecular flexibility index (Phi) is 5.86. The number of benzene rings is 1. The predicted octanol–water partition coefficient (Wildman–Crippen LogP) is 2.48. The van der Waals surface area contributed by atoms with Crippen LogP contribution in [0.25, 0.3) is 0 Å². The normalized spacial score (nSPS) is 12.8. The Morgan fingerprint density at radius 3 is 2.68 bits per heavy atom. The Morgan fingerprint density at radius 1 is 1.36 bits per heavy atom. The van der Waals surface area contributed by atoms with Crippen molar-refractivity contribution < 1.29 is 26.7 Å². The van der Waals surface area contributed by atoms with Gasteiger partial charge in [0.15, 0.2) is 0 Å². The first-order chi connectivity index (χ1) is 11.6. The summed E-state index contributed by atoms with van der Waals surface area (Å²) in [6.07, 6.45) is -0.572. The molecular formula is C15H16F2N2O4S2. The lowest BCUT2D eigenvalue weighted by Crippen LogP contribution is -2.32. The molecule has 10 heteroatoms. The van der Waals surface area contributed by atoms with Gasteiger partial charge >= 0.3 is 0 Å². The number of halogens is 2. The first-order valence-corrected chi connectivity index (χ1v) is 9.48. The standard InChI is InChI=1S/C15H16F2N2O4S2/c1-8-4-12(17)13(6-11(8)16)25(21,22)19-14(20)5-10-7-24-15(18-10)9(2)23-3/h4,6-7,9H,5H2,1-3H3,(H,19,20). The molecule has 1 unspecified atom stereocenters. The molecule has 0 bridgehead atoms. The third-order valence-corrected chi connectivity index (χ3v) is 5.81. The number of carbonyl (C=O) groups is 1. The lowest BCUT2D eigenvalue weighted by atomic mass is 10.2. The molecule has 1 atom stereocenters. The van der Waals surface area contributed by atoms with Crippen LogP contribution in [0.3, 0.4) is 0 Å². The van der Waals surface area contributed by atoms with E-state index < -0.39 is 32.5 Å². The molecule has 1 N–H and O–H groups in total. The van der Waals surface area contributed by atoms with Crippen LogP contribution < -0.4 is 4.72 Å². The summed E-state index contributed by atoms with van der Waals surface area (Å²) >= 11 is 1.27. The van der Waals surface area contributed by atoms with E-state index in [-0.39, 0.29) is 18.1 Å². The minimum atomic E-state index is -4.53. The average molecular weight is 390 g/mol. The molecule has 6 nitrogen and oxygen atoms in total. The van der Waals surface area contributed by atoms with E-state index in [9.17, 15) is 22.0 Å². The number of amides is 1. The van der Waals surface area contributed by atoms with Crippen LogP contribution in [-0.4, -0.2) is 26.4 Å². The van der Waals surface area contributed by atoms with Crippen molar-refractivity contribution in [1.29, 1.82) is 0 Å². The van der Waals surface area contributed by atoms with Gasteiger partial charge in [-0.2, -0.15) is 0 Å². The number of ether oxygens (including phenoxy) is 1. The fraction of sp³-hybridized carbons (Fsp3) is 0.333. The third kappa shape index (κ3) is 4.59. The van der Waals surface area contributed by atoms with Gasteiger partial charge in [0.2, 0.25) is 5.91 Å². The molecule has 2 aromatic rings. The molecule has 1 aromatic heterocycles. The van der Waals surface area contributed by atoms with Gasteiger partial charge in [0, 0.05) is 12.5 Å². The van der Waals surface area contributed by atoms with Crippen LogP contribution in [0.1, 0.15) is 29.3 Å². The zero-order chi connectivity index (χ0) is 18.8. The molecule has 1 heterocycles. The highest BCUT2D eigenvalue weighted by molar-refractivity contribution is 7.90. The summed E-state index contributed by atoms with van der Waals surface area (Å²) in [7, 11) is -3.01. The van der Waals surface area contributed by atoms with Gasteiger partial charge in [0.05, 0.1) is 12.1 Å². The Balaban J connectivity index is 2.14. The summed E-state index contributed by atoms with van der Waals surface area (Å²) in [6, 6.07) is 1.30. The number of aryl methyl sites for hydroxylation is 1. The van der Waals surface area contributed by atoms with Crippen LogP contribution >= 0.6 is 11.3 Å². The van der Waals surface area contributed by atoms with Gasteiger partial charge in [0.1, 0.15) is 27.6 Å². The molecule has 0 saturated heterocycles. The number of rotatable bonds is 6. The SMILES string of the molecule is COC(C)c1nc(CC(=O)NS(=O)(=O)c2cc(F)c(C)cc2F)cs1. The second-order valence-electron chi connectivity index (χ2n) is 5.29. The monoisotopic (exact) mass is 390 g/mol. The molecule has 0 saturated carbocycles. The molecule has 0 aliphatic carbocycles. The Bertz CT molecular complexity index is 897. The van der Waals surface area contributed by atoms with E-state index >= 15 is 0 Å². The minimum Gasteiger partial charge on any atom is -0.375 e. The number of nitrogens with zero attached hydrogens (tertiary/aromatic N) is 1. The van der Waals surface area contributed by atoms with Crippen molar-refractivity contribution in [3.8, 4) is 0 Å². The average Bonchev–Trinajstić information content (AvgIpc) is 2.97. The topological polar surface area (TPSA) is 85.4 Å². The number of hydrogen-bond acceptors (Lipinski definition) is 6. The van der Waals surface area contributed by atoms with Crippen molar-refractivity contribution in [2.45, 2.75) is 31.3 Å². The van der Waals surface area contributed by atoms with Crippen molar-refractivity contribution in [3.63, 3.8) is 0 Å². The molecule has 25 heavy (non-hydrogen) atoms. The van der Waals surface area contributed by atoms with Crippen molar-refractivity contribution in [3.05, 3.63) is 45.4 Å². The molecule has 0 aliphatic rings. The van der Waals surface area contributed by atoms with Crippen molar-refractivity contribution >= 4 is 27.3 Å². The summed E-state index contributed by atoms with van der Waals surface area (Å²) in [5.74, 6) is -2.92. The summed E-state index contributed by atoms with van der Waals surface area (Å²) in [4.78, 5) is 15.2. The van der Waals surface area contributed by atoms with Gasteiger partial charge in [-0.3, -0.25) is 4.79 Å². The quantitative estimate of drug-likeness (QED) is 0.819. The molecule has 2 rings (SSSR count). The molecule has 0 spiro atoms. The summed E-state index contributed by atoms with van der Waals surface area (Å²) in [5.41, 5.74) is 0.317. The minimum absolute atomic E-state index is 0.0370. The number of carbonyl (C=O) groups excluding carboxylic acids is 1. The molecular weight excluding hydrogens is 374 g/mol. The maximum absolute atomic E-state index is 13.8. The van der Waals surface area contributed by atoms with Crippen molar-refractivity contribution in [2.24, 2.45) is 0 Å². The van der Waals surface area contributed by atoms with Crippen LogP contribution in [-0.2, 0) is 26.0 Å². The Labute approximate surface area is 147 Å². The highest BCUT2D eigenvalue weighted by Crippen LogP contribution is 2.21. The van der Waals surface area contributed by atoms with Crippen LogP contribution in [0.5, 0.6) is 0 Å². The van der Waals surface area contributed by atoms with Crippen LogP contribution in [0.2, 0.25) is 0 Å². The molecule has 136 valence electrons. The first kappa shape index (κ1) is 19.4. The zero-order valence-electron chi connectivity index (χ0n) is 13.7. The highest BCUT2D eigenvalue weighted by Gasteiger charge is 2.24. The van der Waals surface area contributed by atoms with Crippen molar-refractivity contribution in [2.75, 3.05) is 7.11 Å². The maximum Gasteiger partial charge on any atom is 0.267 e. The molecule has 0 aliphatic heterocycles. The Morgan fingerprint density at radius 2 is 2.04 bits per heavy atom. The lowest BCUT2D eigenvalue weighted by Gasteiger charge is -2.08. The number of hydrogen-bond donors (Lipinski definition) is 1. The molecule has 1 aromatic carbocycles. The predicted molar refractivity (Wildman–Crippen MR) is 87.7 cm³/mol. The number of methoxy groups -OCH3 is 1. The van der Waals surface area contributed by atoms with Gasteiger partial charge in [-0.05, 0) is 31.5 Å². The lowest BCUT2D eigenvalue weighted by molar-refractivity contribution is -0.118. The molecule has 1 amide bonds. The second kappa shape index (κ2) is 7.54. The number of thiazole rings is 1. The van der Waals surface area contributed by atoms with E-state index in [0.29, 0.717) is 16.8 Å². The van der Waals surface area contributed by atoms with Gasteiger partial charge in [-0.25, -0.2) is 26.9 Å². The third-order valence-electron chi connectivity index (χ3n) is 3.36. The van der Waals surface area contributed by atoms with Gasteiger partial charge < -0.3 is 4.74 Å². The molecule has 0 fully saturated rings. The largest absolute Gasteiger partial charge is 0.375 e. The number of nitrogens with one attached hydrogen (secondary N) is 1. The summed E-state index contributed by atoms with van der Waals surface area (Å²) in [6.45, 7) is 3.08. The molecule has 0 radical (unpaired) electrons. The van der Waals surface area contributed by atoms with E-state index in [4.69, 9.17) is 4.74 Å². The van der Waals surface area contributed by atoms with Crippen LogP contribution in [0.4, 0.5) is 8.78 Å². The smallest absolute Gasteiger partial charge is 0.267 e. The van der Waals surface area contributed by atoms with E-state index in [1.54, 1.807) is 17.0 Å². The summed E-state index contributed by atoms with van der Waals surface area (Å²) in [5, 5.41) is 2.24. The second-order valence-corrected chi connectivity index (χ2v) is 7.83. The number of sulfonamides is 1. The van der Waals surface area contributed by atoms with Gasteiger partial charge in [-0.1, -0.05) is 0 Å². The zero-order valence-corrected chi connectivity index (χ0v) is 15.3. The maximum atomic E-state index is 13.8. The van der Waals surface area contributed by atoms with Crippen LogP contribution in [0, 0.1) is 18.6 Å². The highest BCUT2D eigenvalue weighted by atomic mass is 32.2. The summed E-state index contributed by atoms with van der Waals surface area (Å²) < 4.78 is 58.4. The van der Waals surface area contributed by atoms with E-state index in [0.717, 1.165) is 6.07 Å². The fourth-order valence-corrected chi connectivity index (χ4v) is 3.84. The van der Waals surface area contributed by atoms with E-state index in [1.807, 2.05) is 0 Å². The number of aromatic nitrogens is 1. The Hall–Kier alpha value is -1.91. The van der Waals surface area contributed by atoms with E-state index in [1.165, 1.54) is 25.4 Å². The fourth-order valence-electron chi connectivity index (χ4n) is 1.93. The van der Waals surface area contributed by atoms with Crippen molar-refractivity contribution in [1.82, 2.24) is 9.71 Å². The van der Waals surface area contributed by atoms with Gasteiger partial charge in [0.25, 0.3) is 10.0 Å². The first-order valence-electron chi connectivity index (χ1n) is 7.12. The van der Waals surface area contributed by atoms with E-state index in [2.05, 4.69) is 4.98 Å². The van der Waals surface area contributed by atoms with Crippen LogP contribution in [0.15, 0.2) is 22.4 Å². The van der Waals surface area contributed by atoms with Gasteiger partial charge in [-0.15, -0.1) is 11.3 Å².